The number of likely N-dealkylation sites (tertiary alicyclic amines) is 1. The second-order valence-electron chi connectivity index (χ2n) is 11.3. The van der Waals surface area contributed by atoms with Gasteiger partial charge in [-0.3, -0.25) is 14.4 Å². The summed E-state index contributed by atoms with van der Waals surface area (Å²) in [5.74, 6) is -1.49. The van der Waals surface area contributed by atoms with Crippen LogP contribution in [0.2, 0.25) is 0 Å². The molecule has 1 saturated heterocycles. The number of nitrogens with zero attached hydrogens (tertiary/aromatic N) is 1. The van der Waals surface area contributed by atoms with Gasteiger partial charge >= 0.3 is 6.18 Å². The number of benzene rings is 3. The van der Waals surface area contributed by atoms with Gasteiger partial charge in [0.05, 0.1) is 21.2 Å². The summed E-state index contributed by atoms with van der Waals surface area (Å²) in [5, 5.41) is 3.20. The van der Waals surface area contributed by atoms with Gasteiger partial charge in [-0.1, -0.05) is 36.9 Å². The van der Waals surface area contributed by atoms with Crippen LogP contribution < -0.4 is 27.3 Å². The molecule has 1 aliphatic carbocycles. The van der Waals surface area contributed by atoms with Crippen molar-refractivity contribution in [3.05, 3.63) is 100 Å². The third-order valence-corrected chi connectivity index (χ3v) is 9.72. The van der Waals surface area contributed by atoms with Gasteiger partial charge in [-0.2, -0.15) is 13.2 Å². The topological polar surface area (TPSA) is 154 Å². The molecule has 4 aromatic rings. The summed E-state index contributed by atoms with van der Waals surface area (Å²) in [6.45, 7) is 4.31. The molecule has 0 saturated carbocycles. The number of para-hydroxylation sites is 1. The van der Waals surface area contributed by atoms with Crippen molar-refractivity contribution in [2.75, 3.05) is 18.8 Å². The van der Waals surface area contributed by atoms with Gasteiger partial charge in [0.1, 0.15) is 17.0 Å². The van der Waals surface area contributed by atoms with E-state index >= 15 is 0 Å². The fraction of sp³-hybridized carbons (Fsp3) is 0.242. The molecule has 3 aromatic carbocycles. The minimum absolute atomic E-state index is 0.0522. The van der Waals surface area contributed by atoms with E-state index in [1.807, 2.05) is 0 Å². The highest BCUT2D eigenvalue weighted by Crippen LogP contribution is 2.51. The summed E-state index contributed by atoms with van der Waals surface area (Å²) >= 11 is 0.989. The van der Waals surface area contributed by atoms with Crippen LogP contribution in [0.15, 0.2) is 73.3 Å². The molecular weight excluding hydrogens is 619 g/mol. The maximum absolute atomic E-state index is 14.6. The Morgan fingerprint density at radius 1 is 1.09 bits per heavy atom. The number of hydrogen-bond donors (Lipinski definition) is 4. The molecule has 1 aromatic heterocycles. The predicted molar refractivity (Wildman–Crippen MR) is 168 cm³/mol. The molecule has 13 heteroatoms. The van der Waals surface area contributed by atoms with Crippen LogP contribution in [0.1, 0.15) is 50.8 Å². The largest absolute Gasteiger partial charge is 0.457 e. The van der Waals surface area contributed by atoms with Crippen molar-refractivity contribution in [1.29, 1.82) is 0 Å². The maximum atomic E-state index is 14.6. The number of nitrogen functional groups attached to an aromatic ring is 1. The highest BCUT2D eigenvalue weighted by Gasteiger charge is 2.52. The van der Waals surface area contributed by atoms with Crippen LogP contribution in [0.25, 0.3) is 10.1 Å². The van der Waals surface area contributed by atoms with Crippen LogP contribution in [0, 0.1) is 0 Å². The van der Waals surface area contributed by atoms with E-state index in [0.717, 1.165) is 23.5 Å². The molecule has 0 spiro atoms. The molecule has 3 unspecified atom stereocenters. The zero-order chi connectivity index (χ0) is 33.0. The average molecular weight is 650 g/mol. The second kappa shape index (κ2) is 11.6. The molecule has 238 valence electrons. The molecule has 7 N–H and O–H groups in total. The van der Waals surface area contributed by atoms with Crippen LogP contribution in [0.5, 0.6) is 11.5 Å². The number of rotatable bonds is 6. The molecule has 2 aliphatic rings. The quantitative estimate of drug-likeness (QED) is 0.170. The van der Waals surface area contributed by atoms with Gasteiger partial charge < -0.3 is 32.2 Å². The number of carbonyl (C=O) groups excluding carboxylic acids is 3. The first-order valence-electron chi connectivity index (χ1n) is 14.5. The fourth-order valence-electron chi connectivity index (χ4n) is 6.29. The van der Waals surface area contributed by atoms with Crippen LogP contribution in [0.4, 0.5) is 18.9 Å². The number of piperidine rings is 1. The molecule has 6 rings (SSSR count). The van der Waals surface area contributed by atoms with E-state index in [4.69, 9.17) is 21.9 Å². The first-order chi connectivity index (χ1) is 21.8. The number of alkyl halides is 3. The normalized spacial score (nSPS) is 21.2. The van der Waals surface area contributed by atoms with Gasteiger partial charge in [0, 0.05) is 35.8 Å². The van der Waals surface area contributed by atoms with E-state index in [0.29, 0.717) is 29.8 Å². The molecule has 3 atom stereocenters. The average Bonchev–Trinajstić information content (AvgIpc) is 3.45. The molecular formula is C33H30F3N5O4S. The van der Waals surface area contributed by atoms with Crippen molar-refractivity contribution in [2.45, 2.75) is 36.6 Å². The Morgan fingerprint density at radius 2 is 1.80 bits per heavy atom. The SMILES string of the molecule is C=CC(=O)N1CCCC(NC(=O)c2sc3c(N)ccc4c3c2C(N)C(=O)C4(N)c2ccc(Oc3ccccc3)cc2C(F)(F)F)C1. The number of amides is 2. The zero-order valence-corrected chi connectivity index (χ0v) is 25.2. The smallest absolute Gasteiger partial charge is 0.416 e. The van der Waals surface area contributed by atoms with E-state index in [1.54, 1.807) is 35.2 Å². The van der Waals surface area contributed by atoms with E-state index in [9.17, 15) is 27.6 Å². The van der Waals surface area contributed by atoms with Crippen molar-refractivity contribution in [2.24, 2.45) is 11.5 Å². The minimum atomic E-state index is -4.92. The van der Waals surface area contributed by atoms with E-state index in [1.165, 1.54) is 24.3 Å². The highest BCUT2D eigenvalue weighted by molar-refractivity contribution is 7.21. The van der Waals surface area contributed by atoms with Gasteiger partial charge in [0.2, 0.25) is 5.91 Å². The Balaban J connectivity index is 1.45. The molecule has 2 amide bonds. The molecule has 9 nitrogen and oxygen atoms in total. The summed E-state index contributed by atoms with van der Waals surface area (Å²) in [7, 11) is 0. The summed E-state index contributed by atoms with van der Waals surface area (Å²) < 4.78 is 50.0. The number of ketones is 1. The van der Waals surface area contributed by atoms with Gasteiger partial charge in [0.15, 0.2) is 5.78 Å². The number of Topliss-reactive ketones (excluding diaryl/α,β-unsaturated/α-hetero) is 1. The summed E-state index contributed by atoms with van der Waals surface area (Å²) in [6.07, 6.45) is -2.44. The van der Waals surface area contributed by atoms with Gasteiger partial charge in [-0.25, -0.2) is 0 Å². The minimum Gasteiger partial charge on any atom is -0.457 e. The van der Waals surface area contributed by atoms with Gasteiger partial charge in [-0.05, 0) is 60.4 Å². The highest BCUT2D eigenvalue weighted by atomic mass is 32.1. The molecule has 0 bridgehead atoms. The number of anilines is 1. The standard InChI is InChI=1S/C33H30F3N5O4S/c1-2-24(42)41-14-6-7-17(16-41)40-31(44)29-26-25-21(12-13-23(37)28(25)46-29)32(39,30(43)27(26)38)20-11-10-19(15-22(20)33(34,35)36)45-18-8-4-3-5-9-18/h2-5,8-13,15,17,27H,1,6-7,14,16,37-39H2,(H,40,44). The molecule has 2 heterocycles. The van der Waals surface area contributed by atoms with Crippen molar-refractivity contribution in [3.8, 4) is 11.5 Å². The van der Waals surface area contributed by atoms with Crippen molar-refractivity contribution >= 4 is 44.7 Å². The number of thiophene rings is 1. The van der Waals surface area contributed by atoms with Gasteiger partial charge in [-0.15, -0.1) is 11.3 Å². The molecule has 46 heavy (non-hydrogen) atoms. The summed E-state index contributed by atoms with van der Waals surface area (Å²) in [4.78, 5) is 41.7. The second-order valence-corrected chi connectivity index (χ2v) is 12.3. The zero-order valence-electron chi connectivity index (χ0n) is 24.4. The first-order valence-corrected chi connectivity index (χ1v) is 15.3. The number of halogens is 3. The predicted octanol–water partition coefficient (Wildman–Crippen LogP) is 4.99. The molecule has 0 radical (unpaired) electrons. The van der Waals surface area contributed by atoms with Crippen molar-refractivity contribution in [3.63, 3.8) is 0 Å². The number of carbonyl (C=O) groups is 3. The number of ether oxygens (including phenoxy) is 1. The van der Waals surface area contributed by atoms with Crippen molar-refractivity contribution < 1.29 is 32.3 Å². The molecule has 1 fully saturated rings. The maximum Gasteiger partial charge on any atom is 0.416 e. The summed E-state index contributed by atoms with van der Waals surface area (Å²) in [6, 6.07) is 12.5. The lowest BCUT2D eigenvalue weighted by atomic mass is 9.69. The van der Waals surface area contributed by atoms with E-state index in [-0.39, 0.29) is 51.3 Å². The van der Waals surface area contributed by atoms with Crippen LogP contribution in [-0.2, 0) is 21.3 Å². The third-order valence-electron chi connectivity index (χ3n) is 8.46. The monoisotopic (exact) mass is 649 g/mol. The lowest BCUT2D eigenvalue weighted by Gasteiger charge is -2.38. The Kier molecular flexibility index (Phi) is 7.87. The van der Waals surface area contributed by atoms with Crippen LogP contribution >= 0.6 is 11.3 Å². The van der Waals surface area contributed by atoms with Crippen molar-refractivity contribution in [1.82, 2.24) is 10.2 Å². The lowest BCUT2D eigenvalue weighted by Crippen LogP contribution is -2.53. The lowest BCUT2D eigenvalue weighted by molar-refractivity contribution is -0.139. The third kappa shape index (κ3) is 5.19. The Labute approximate surface area is 265 Å². The number of hydrogen-bond acceptors (Lipinski definition) is 8. The Hall–Kier alpha value is -4.72. The summed E-state index contributed by atoms with van der Waals surface area (Å²) in [5.41, 5.74) is 16.0. The van der Waals surface area contributed by atoms with Crippen LogP contribution in [0.3, 0.4) is 0 Å². The number of nitrogens with one attached hydrogen (secondary N) is 1. The number of nitrogens with two attached hydrogens (primary N) is 3. The van der Waals surface area contributed by atoms with E-state index in [2.05, 4.69) is 11.9 Å². The molecule has 1 aliphatic heterocycles. The van der Waals surface area contributed by atoms with E-state index < -0.39 is 40.6 Å². The van der Waals surface area contributed by atoms with Gasteiger partial charge in [0.25, 0.3) is 5.91 Å². The Bertz CT molecular complexity index is 1890. The Morgan fingerprint density at radius 3 is 2.50 bits per heavy atom. The van der Waals surface area contributed by atoms with Crippen LogP contribution in [-0.4, -0.2) is 41.6 Å². The first kappa shape index (κ1) is 31.3. The fourth-order valence-corrected chi connectivity index (χ4v) is 7.50.